The van der Waals surface area contributed by atoms with Gasteiger partial charge in [0.25, 0.3) is 5.91 Å². The summed E-state index contributed by atoms with van der Waals surface area (Å²) in [7, 11) is -3.79. The number of benzene rings is 1. The van der Waals surface area contributed by atoms with Crippen molar-refractivity contribution < 1.29 is 23.1 Å². The van der Waals surface area contributed by atoms with E-state index in [1.165, 1.54) is 16.4 Å². The number of hydrogen-bond donors (Lipinski definition) is 2. The maximum Gasteiger partial charge on any atom is 0.326 e. The second-order valence-electron chi connectivity index (χ2n) is 6.47. The molecule has 1 fully saturated rings. The summed E-state index contributed by atoms with van der Waals surface area (Å²) in [6.07, 6.45) is 4.35. The van der Waals surface area contributed by atoms with Gasteiger partial charge in [-0.1, -0.05) is 38.3 Å². The highest BCUT2D eigenvalue weighted by Gasteiger charge is 2.30. The Balaban J connectivity index is 2.27. The molecule has 26 heavy (non-hydrogen) atoms. The number of hydrogen-bond acceptors (Lipinski definition) is 4. The van der Waals surface area contributed by atoms with E-state index < -0.39 is 27.9 Å². The molecule has 0 bridgehead atoms. The molecule has 0 saturated carbocycles. The van der Waals surface area contributed by atoms with Gasteiger partial charge in [-0.3, -0.25) is 4.79 Å². The number of carboxylic acids is 1. The molecule has 1 heterocycles. The van der Waals surface area contributed by atoms with Gasteiger partial charge in [-0.05, 0) is 31.4 Å². The summed E-state index contributed by atoms with van der Waals surface area (Å²) in [5, 5.41) is 11.7. The number of carboxylic acid groups (broad SMARTS) is 1. The molecular weight excluding hydrogens is 356 g/mol. The molecule has 0 spiro atoms. The quantitative estimate of drug-likeness (QED) is 0.717. The maximum atomic E-state index is 12.9. The maximum absolute atomic E-state index is 12.9. The van der Waals surface area contributed by atoms with Crippen molar-refractivity contribution in [3.05, 3.63) is 29.8 Å². The average molecular weight is 382 g/mol. The van der Waals surface area contributed by atoms with Gasteiger partial charge in [0.15, 0.2) is 0 Å². The van der Waals surface area contributed by atoms with E-state index in [-0.39, 0.29) is 10.5 Å². The SMILES string of the molecule is CCCC[C@H](NC(=O)c1ccccc1S(=O)(=O)N1CCCCC1)C(=O)O. The number of amides is 1. The minimum atomic E-state index is -3.79. The third-order valence-corrected chi connectivity index (χ3v) is 6.47. The average Bonchev–Trinajstić information content (AvgIpc) is 2.65. The lowest BCUT2D eigenvalue weighted by molar-refractivity contribution is -0.139. The monoisotopic (exact) mass is 382 g/mol. The Hall–Kier alpha value is -1.93. The first kappa shape index (κ1) is 20.4. The molecule has 1 saturated heterocycles. The summed E-state index contributed by atoms with van der Waals surface area (Å²) in [6.45, 7) is 2.81. The Kier molecular flexibility index (Phi) is 7.16. The molecule has 1 aromatic rings. The molecule has 0 radical (unpaired) electrons. The van der Waals surface area contributed by atoms with Gasteiger partial charge in [0.1, 0.15) is 6.04 Å². The number of nitrogens with one attached hydrogen (secondary N) is 1. The molecule has 1 aliphatic rings. The number of unbranched alkanes of at least 4 members (excludes halogenated alkanes) is 1. The fourth-order valence-electron chi connectivity index (χ4n) is 3.03. The van der Waals surface area contributed by atoms with Crippen LogP contribution in [0.2, 0.25) is 0 Å². The standard InChI is InChI=1S/C18H26N2O5S/c1-2-3-10-15(18(22)23)19-17(21)14-9-5-6-11-16(14)26(24,25)20-12-7-4-8-13-20/h5-6,9,11,15H,2-4,7-8,10,12-13H2,1H3,(H,19,21)(H,22,23)/t15-/m0/s1. The Labute approximate surface area is 154 Å². The highest BCUT2D eigenvalue weighted by atomic mass is 32.2. The largest absolute Gasteiger partial charge is 0.480 e. The van der Waals surface area contributed by atoms with Gasteiger partial charge in [0.05, 0.1) is 10.5 Å². The van der Waals surface area contributed by atoms with Crippen LogP contribution in [0.15, 0.2) is 29.2 Å². The topological polar surface area (TPSA) is 104 Å². The van der Waals surface area contributed by atoms with Gasteiger partial charge in [-0.25, -0.2) is 13.2 Å². The van der Waals surface area contributed by atoms with Gasteiger partial charge in [0.2, 0.25) is 10.0 Å². The highest BCUT2D eigenvalue weighted by molar-refractivity contribution is 7.89. The second-order valence-corrected chi connectivity index (χ2v) is 8.37. The Morgan fingerprint density at radius 3 is 2.46 bits per heavy atom. The van der Waals surface area contributed by atoms with Crippen molar-refractivity contribution in [2.24, 2.45) is 0 Å². The lowest BCUT2D eigenvalue weighted by Gasteiger charge is -2.26. The van der Waals surface area contributed by atoms with Gasteiger partial charge in [-0.15, -0.1) is 0 Å². The van der Waals surface area contributed by atoms with Crippen molar-refractivity contribution in [2.45, 2.75) is 56.4 Å². The molecule has 1 amide bonds. The zero-order valence-corrected chi connectivity index (χ0v) is 15.8. The first-order chi connectivity index (χ1) is 12.4. The van der Waals surface area contributed by atoms with Gasteiger partial charge < -0.3 is 10.4 Å². The van der Waals surface area contributed by atoms with Crippen LogP contribution in [-0.4, -0.2) is 48.8 Å². The normalized spacial score (nSPS) is 16.8. The van der Waals surface area contributed by atoms with E-state index in [4.69, 9.17) is 0 Å². The van der Waals surface area contributed by atoms with E-state index in [9.17, 15) is 23.1 Å². The zero-order valence-electron chi connectivity index (χ0n) is 15.0. The Morgan fingerprint density at radius 1 is 1.19 bits per heavy atom. The van der Waals surface area contributed by atoms with Crippen molar-refractivity contribution in [2.75, 3.05) is 13.1 Å². The molecule has 1 aliphatic heterocycles. The van der Waals surface area contributed by atoms with E-state index in [1.807, 2.05) is 6.92 Å². The van der Waals surface area contributed by atoms with Crippen LogP contribution in [0.1, 0.15) is 55.8 Å². The first-order valence-corrected chi connectivity index (χ1v) is 10.4. The number of rotatable bonds is 8. The van der Waals surface area contributed by atoms with E-state index in [0.717, 1.165) is 25.7 Å². The summed E-state index contributed by atoms with van der Waals surface area (Å²) < 4.78 is 27.3. The fraction of sp³-hybridized carbons (Fsp3) is 0.556. The van der Waals surface area contributed by atoms with E-state index in [1.54, 1.807) is 12.1 Å². The van der Waals surface area contributed by atoms with E-state index >= 15 is 0 Å². The molecule has 0 aromatic heterocycles. The minimum absolute atomic E-state index is 0.0131. The van der Waals surface area contributed by atoms with Crippen LogP contribution < -0.4 is 5.32 Å². The van der Waals surface area contributed by atoms with Crippen molar-refractivity contribution in [1.29, 1.82) is 0 Å². The summed E-state index contributed by atoms with van der Waals surface area (Å²) in [5.41, 5.74) is -0.0131. The smallest absolute Gasteiger partial charge is 0.326 e. The number of sulfonamides is 1. The third kappa shape index (κ3) is 4.82. The number of carbonyl (C=O) groups is 2. The van der Waals surface area contributed by atoms with Gasteiger partial charge >= 0.3 is 5.97 Å². The molecular formula is C18H26N2O5S. The van der Waals surface area contributed by atoms with Crippen LogP contribution in [0.25, 0.3) is 0 Å². The third-order valence-electron chi connectivity index (χ3n) is 4.51. The number of nitrogens with zero attached hydrogens (tertiary/aromatic N) is 1. The summed E-state index contributed by atoms with van der Waals surface area (Å²) in [4.78, 5) is 23.9. The molecule has 2 rings (SSSR count). The van der Waals surface area contributed by atoms with E-state index in [2.05, 4.69) is 5.32 Å². The van der Waals surface area contributed by atoms with E-state index in [0.29, 0.717) is 25.9 Å². The minimum Gasteiger partial charge on any atom is -0.480 e. The van der Waals surface area contributed by atoms with Crippen LogP contribution >= 0.6 is 0 Å². The van der Waals surface area contributed by atoms with Crippen LogP contribution in [0.5, 0.6) is 0 Å². The van der Waals surface area contributed by atoms with Crippen LogP contribution in [0.4, 0.5) is 0 Å². The lowest BCUT2D eigenvalue weighted by Crippen LogP contribution is -2.42. The van der Waals surface area contributed by atoms with Crippen LogP contribution in [0, 0.1) is 0 Å². The van der Waals surface area contributed by atoms with Crippen LogP contribution in [-0.2, 0) is 14.8 Å². The molecule has 2 N–H and O–H groups in total. The molecule has 1 aromatic carbocycles. The number of carbonyl (C=O) groups excluding carboxylic acids is 1. The predicted octanol–water partition coefficient (Wildman–Crippen LogP) is 2.23. The van der Waals surface area contributed by atoms with Crippen LogP contribution in [0.3, 0.4) is 0 Å². The number of aliphatic carboxylic acids is 1. The molecule has 1 atom stereocenters. The van der Waals surface area contributed by atoms with Crippen molar-refractivity contribution in [3.63, 3.8) is 0 Å². The molecule has 0 aliphatic carbocycles. The van der Waals surface area contributed by atoms with Gasteiger partial charge in [-0.2, -0.15) is 4.31 Å². The second kappa shape index (κ2) is 9.14. The summed E-state index contributed by atoms with van der Waals surface area (Å²) >= 11 is 0. The van der Waals surface area contributed by atoms with Crippen molar-refractivity contribution >= 4 is 21.9 Å². The zero-order chi connectivity index (χ0) is 19.2. The van der Waals surface area contributed by atoms with Crippen molar-refractivity contribution in [1.82, 2.24) is 9.62 Å². The van der Waals surface area contributed by atoms with Crippen molar-refractivity contribution in [3.8, 4) is 0 Å². The number of piperidine rings is 1. The Morgan fingerprint density at radius 2 is 1.85 bits per heavy atom. The summed E-state index contributed by atoms with van der Waals surface area (Å²) in [6, 6.07) is 4.94. The Bertz CT molecular complexity index is 742. The van der Waals surface area contributed by atoms with Gasteiger partial charge in [0, 0.05) is 13.1 Å². The first-order valence-electron chi connectivity index (χ1n) is 9.00. The fourth-order valence-corrected chi connectivity index (χ4v) is 4.73. The molecule has 144 valence electrons. The predicted molar refractivity (Wildman–Crippen MR) is 97.5 cm³/mol. The molecule has 8 heteroatoms. The summed E-state index contributed by atoms with van der Waals surface area (Å²) in [5.74, 6) is -1.80. The molecule has 0 unspecified atom stereocenters. The lowest BCUT2D eigenvalue weighted by atomic mass is 10.1. The molecule has 7 nitrogen and oxygen atoms in total. The highest BCUT2D eigenvalue weighted by Crippen LogP contribution is 2.23.